The lowest BCUT2D eigenvalue weighted by Gasteiger charge is -2.12. The molecule has 0 fully saturated rings. The minimum Gasteiger partial charge on any atom is -0.326 e. The molecular formula is C33H26N6O3S. The zero-order valence-electron chi connectivity index (χ0n) is 23.3. The Balaban J connectivity index is 1.40. The summed E-state index contributed by atoms with van der Waals surface area (Å²) in [5, 5.41) is 7.94. The zero-order valence-corrected chi connectivity index (χ0v) is 24.2. The first-order valence-corrected chi connectivity index (χ1v) is 15.0. The number of hydrogen-bond donors (Lipinski definition) is 1. The van der Waals surface area contributed by atoms with E-state index in [1.807, 2.05) is 78.6 Å². The zero-order chi connectivity index (χ0) is 29.7. The van der Waals surface area contributed by atoms with E-state index in [1.54, 1.807) is 53.6 Å². The maximum absolute atomic E-state index is 13.7. The van der Waals surface area contributed by atoms with Crippen molar-refractivity contribution >= 4 is 43.6 Å². The van der Waals surface area contributed by atoms with Crippen molar-refractivity contribution in [1.29, 1.82) is 0 Å². The van der Waals surface area contributed by atoms with Crippen molar-refractivity contribution in [3.05, 3.63) is 116 Å². The number of anilines is 1. The van der Waals surface area contributed by atoms with E-state index in [9.17, 15) is 13.2 Å². The normalized spacial score (nSPS) is 11.8. The van der Waals surface area contributed by atoms with Gasteiger partial charge in [-0.1, -0.05) is 42.5 Å². The summed E-state index contributed by atoms with van der Waals surface area (Å²) in [6.45, 7) is 1.46. The Morgan fingerprint density at radius 3 is 2.37 bits per heavy atom. The number of aromatic nitrogens is 5. The summed E-state index contributed by atoms with van der Waals surface area (Å²) in [4.78, 5) is 17.0. The molecular weight excluding hydrogens is 560 g/mol. The molecule has 1 N–H and O–H groups in total. The molecule has 0 aliphatic carbocycles. The molecule has 7 rings (SSSR count). The molecule has 4 aromatic carbocycles. The average molecular weight is 587 g/mol. The first kappa shape index (κ1) is 26.4. The number of carbonyl (C=O) groups is 1. The van der Waals surface area contributed by atoms with Crippen LogP contribution >= 0.6 is 0 Å². The number of benzene rings is 4. The fourth-order valence-corrected chi connectivity index (χ4v) is 6.82. The molecule has 43 heavy (non-hydrogen) atoms. The number of amides is 1. The molecule has 1 amide bonds. The van der Waals surface area contributed by atoms with Crippen molar-refractivity contribution < 1.29 is 13.2 Å². The number of para-hydroxylation sites is 1. The van der Waals surface area contributed by atoms with Crippen LogP contribution in [0.2, 0.25) is 0 Å². The number of fused-ring (bicyclic) bond motifs is 2. The summed E-state index contributed by atoms with van der Waals surface area (Å²) in [7, 11) is -1.98. The average Bonchev–Trinajstić information content (AvgIpc) is 3.74. The third-order valence-corrected chi connectivity index (χ3v) is 9.08. The highest BCUT2D eigenvalue weighted by atomic mass is 32.2. The molecule has 0 aliphatic heterocycles. The van der Waals surface area contributed by atoms with Crippen LogP contribution in [0.3, 0.4) is 0 Å². The van der Waals surface area contributed by atoms with E-state index < -0.39 is 10.0 Å². The van der Waals surface area contributed by atoms with Crippen LogP contribution < -0.4 is 5.32 Å². The van der Waals surface area contributed by atoms with Crippen molar-refractivity contribution in [3.8, 4) is 27.9 Å². The van der Waals surface area contributed by atoms with Gasteiger partial charge in [0.2, 0.25) is 5.91 Å². The fourth-order valence-electron chi connectivity index (χ4n) is 5.43. The van der Waals surface area contributed by atoms with E-state index in [-0.39, 0.29) is 10.8 Å². The summed E-state index contributed by atoms with van der Waals surface area (Å²) in [6, 6.07) is 27.5. The third-order valence-electron chi connectivity index (χ3n) is 7.39. The Kier molecular flexibility index (Phi) is 6.21. The maximum atomic E-state index is 13.7. The van der Waals surface area contributed by atoms with Crippen molar-refractivity contribution in [3.63, 3.8) is 0 Å². The van der Waals surface area contributed by atoms with Crippen LogP contribution in [0, 0.1) is 0 Å². The Bertz CT molecular complexity index is 2280. The molecule has 10 heteroatoms. The maximum Gasteiger partial charge on any atom is 0.268 e. The number of imidazole rings is 1. The molecule has 0 atom stereocenters. The van der Waals surface area contributed by atoms with Crippen LogP contribution in [0.1, 0.15) is 6.92 Å². The lowest BCUT2D eigenvalue weighted by Crippen LogP contribution is -2.11. The predicted octanol–water partition coefficient (Wildman–Crippen LogP) is 6.24. The van der Waals surface area contributed by atoms with Crippen molar-refractivity contribution in [2.24, 2.45) is 7.05 Å². The van der Waals surface area contributed by atoms with Crippen molar-refractivity contribution in [1.82, 2.24) is 23.3 Å². The quantitative estimate of drug-likeness (QED) is 0.248. The first-order chi connectivity index (χ1) is 20.8. The minimum atomic E-state index is -3.86. The number of nitrogens with one attached hydrogen (secondary N) is 1. The number of aryl methyl sites for hydroxylation is 1. The fraction of sp³-hybridized carbons (Fsp3) is 0.0606. The smallest absolute Gasteiger partial charge is 0.268 e. The van der Waals surface area contributed by atoms with Crippen LogP contribution in [0.15, 0.2) is 121 Å². The van der Waals surface area contributed by atoms with Gasteiger partial charge in [-0.05, 0) is 59.7 Å². The van der Waals surface area contributed by atoms with Gasteiger partial charge in [0.05, 0.1) is 27.6 Å². The summed E-state index contributed by atoms with van der Waals surface area (Å²) in [6.07, 6.45) is 7.17. The Labute approximate surface area is 247 Å². The van der Waals surface area contributed by atoms with Gasteiger partial charge in [-0.25, -0.2) is 17.4 Å². The first-order valence-electron chi connectivity index (χ1n) is 13.6. The van der Waals surface area contributed by atoms with Crippen molar-refractivity contribution in [2.75, 3.05) is 5.32 Å². The van der Waals surface area contributed by atoms with E-state index in [1.165, 1.54) is 10.9 Å². The van der Waals surface area contributed by atoms with E-state index >= 15 is 0 Å². The highest BCUT2D eigenvalue weighted by Gasteiger charge is 2.22. The second-order valence-electron chi connectivity index (χ2n) is 10.3. The molecule has 0 saturated heterocycles. The van der Waals surface area contributed by atoms with E-state index in [2.05, 4.69) is 15.4 Å². The number of carbonyl (C=O) groups excluding carboxylic acids is 1. The number of rotatable bonds is 6. The molecule has 3 heterocycles. The van der Waals surface area contributed by atoms with Gasteiger partial charge in [0.25, 0.3) is 10.0 Å². The van der Waals surface area contributed by atoms with E-state index in [4.69, 9.17) is 0 Å². The van der Waals surface area contributed by atoms with Crippen LogP contribution in [0.4, 0.5) is 5.69 Å². The Morgan fingerprint density at radius 2 is 1.60 bits per heavy atom. The Hall–Kier alpha value is -5.48. The summed E-state index contributed by atoms with van der Waals surface area (Å²) in [5.74, 6) is -0.214. The third kappa shape index (κ3) is 4.67. The summed E-state index contributed by atoms with van der Waals surface area (Å²) >= 11 is 0. The summed E-state index contributed by atoms with van der Waals surface area (Å²) < 4.78 is 32.5. The van der Waals surface area contributed by atoms with Gasteiger partial charge < -0.3 is 5.32 Å². The lowest BCUT2D eigenvalue weighted by molar-refractivity contribution is -0.114. The molecule has 9 nitrogen and oxygen atoms in total. The molecule has 212 valence electrons. The molecule has 0 aliphatic rings. The van der Waals surface area contributed by atoms with Crippen molar-refractivity contribution in [2.45, 2.75) is 11.8 Å². The second-order valence-corrected chi connectivity index (χ2v) is 12.2. The molecule has 0 bridgehead atoms. The number of hydrogen-bond acceptors (Lipinski definition) is 5. The monoisotopic (exact) mass is 586 g/mol. The van der Waals surface area contributed by atoms with Crippen LogP contribution in [-0.4, -0.2) is 37.6 Å². The predicted molar refractivity (Wildman–Crippen MR) is 168 cm³/mol. The van der Waals surface area contributed by atoms with Gasteiger partial charge in [0.1, 0.15) is 6.33 Å². The van der Waals surface area contributed by atoms with Gasteiger partial charge in [0, 0.05) is 54.3 Å². The highest BCUT2D eigenvalue weighted by Crippen LogP contribution is 2.36. The van der Waals surface area contributed by atoms with Gasteiger partial charge >= 0.3 is 0 Å². The van der Waals surface area contributed by atoms with Crippen LogP contribution in [-0.2, 0) is 21.9 Å². The molecule has 0 spiro atoms. The van der Waals surface area contributed by atoms with Gasteiger partial charge in [0.15, 0.2) is 0 Å². The largest absolute Gasteiger partial charge is 0.326 e. The van der Waals surface area contributed by atoms with Crippen LogP contribution in [0.5, 0.6) is 0 Å². The van der Waals surface area contributed by atoms with E-state index in [0.717, 1.165) is 38.8 Å². The van der Waals surface area contributed by atoms with Gasteiger partial charge in [-0.15, -0.1) is 0 Å². The topological polar surface area (TPSA) is 104 Å². The highest BCUT2D eigenvalue weighted by molar-refractivity contribution is 7.90. The molecule has 0 radical (unpaired) electrons. The van der Waals surface area contributed by atoms with Gasteiger partial charge in [-0.2, -0.15) is 5.10 Å². The van der Waals surface area contributed by atoms with Gasteiger partial charge in [-0.3, -0.25) is 14.0 Å². The molecule has 7 aromatic rings. The lowest BCUT2D eigenvalue weighted by atomic mass is 10.0. The molecule has 0 saturated carbocycles. The SMILES string of the molecule is CC(=O)Nc1cc(-c2cn(S(=O)(=O)c3ccccc3)c3ccccc23)cc(-n2cnc3cc(-c4cnn(C)c4)ccc32)c1. The van der Waals surface area contributed by atoms with E-state index in [0.29, 0.717) is 16.8 Å². The minimum absolute atomic E-state index is 0.200. The summed E-state index contributed by atoms with van der Waals surface area (Å²) in [5.41, 5.74) is 7.05. The molecule has 3 aromatic heterocycles. The second kappa shape index (κ2) is 10.1. The number of nitrogens with zero attached hydrogens (tertiary/aromatic N) is 5. The van der Waals surface area contributed by atoms with Crippen LogP contribution in [0.25, 0.3) is 49.9 Å². The standard InChI is InChI=1S/C33H26N6O3S/c1-22(40)36-26-14-24(30-20-39(32-11-7-6-10-29(30)32)43(41,42)28-8-4-3-5-9-28)15-27(17-26)38-21-34-31-16-23(12-13-33(31)38)25-18-35-37(2)19-25/h3-21H,1-2H3,(H,36,40). The molecule has 0 unspecified atom stereocenters. The Morgan fingerprint density at radius 1 is 0.814 bits per heavy atom.